The van der Waals surface area contributed by atoms with E-state index in [4.69, 9.17) is 40.9 Å². The molecule has 1 aliphatic heterocycles. The van der Waals surface area contributed by atoms with Crippen LogP contribution in [0.2, 0.25) is 0 Å². The van der Waals surface area contributed by atoms with Crippen molar-refractivity contribution < 1.29 is 34.2 Å². The molecule has 17 rings (SSSR count). The fourth-order valence-electron chi connectivity index (χ4n) is 18.7. The lowest BCUT2D eigenvalue weighted by atomic mass is 9.71. The van der Waals surface area contributed by atoms with Gasteiger partial charge in [-0.25, -0.2) is 0 Å². The summed E-state index contributed by atoms with van der Waals surface area (Å²) in [5.74, 6) is 2.70. The average Bonchev–Trinajstić information content (AvgIpc) is 1.59. The largest absolute Gasteiger partial charge is 0.394 e. The molecule has 11 aromatic heterocycles. The van der Waals surface area contributed by atoms with Gasteiger partial charge < -0.3 is 72.8 Å². The Labute approximate surface area is 742 Å². The van der Waals surface area contributed by atoms with Gasteiger partial charge in [0.1, 0.15) is 27.6 Å². The van der Waals surface area contributed by atoms with Crippen molar-refractivity contribution in [2.45, 2.75) is 233 Å². The molecule has 5 aliphatic carbocycles. The summed E-state index contributed by atoms with van der Waals surface area (Å²) in [5.41, 5.74) is 31.7. The molecule has 0 aromatic carbocycles. The maximum absolute atomic E-state index is 12.7. The van der Waals surface area contributed by atoms with Crippen molar-refractivity contribution in [1.29, 1.82) is 0 Å². The number of aliphatic hydroxyl groups excluding tert-OH is 2. The minimum atomic E-state index is -0.271. The molecule has 126 heavy (non-hydrogen) atoms. The number of hydrogen-bond acceptors (Lipinski definition) is 16. The van der Waals surface area contributed by atoms with Gasteiger partial charge in [-0.3, -0.25) is 58.8 Å². The van der Waals surface area contributed by atoms with Gasteiger partial charge in [-0.2, -0.15) is 0 Å². The summed E-state index contributed by atoms with van der Waals surface area (Å²) in [6.45, 7) is 45.1. The molecule has 1 fully saturated rings. The summed E-state index contributed by atoms with van der Waals surface area (Å²) in [4.78, 5) is 109. The Bertz CT molecular complexity index is 5520. The van der Waals surface area contributed by atoms with E-state index in [1.54, 1.807) is 51.0 Å². The van der Waals surface area contributed by atoms with E-state index >= 15 is 0 Å². The molecule has 26 heteroatoms. The van der Waals surface area contributed by atoms with Gasteiger partial charge in [0.25, 0.3) is 29.5 Å². The average molecular weight is 1720 g/mol. The van der Waals surface area contributed by atoms with Crippen LogP contribution in [0.25, 0.3) is 55.2 Å². The van der Waals surface area contributed by atoms with Gasteiger partial charge in [0, 0.05) is 143 Å². The van der Waals surface area contributed by atoms with E-state index < -0.39 is 0 Å². The Kier molecular flexibility index (Phi) is 29.3. The molecule has 12 heterocycles. The summed E-state index contributed by atoms with van der Waals surface area (Å²) in [5, 5.41) is 36.0. The standard InChI is InChI=1S/C22H33N5O.C22H26N4O.2C19H27N3O2.C18H26N4O/c1-22(2,3)16-4-5-18-15(12-16)13-19-20(26-18)17(14-25-19)21(28)24-8-11-27-9-6-23-7-10-27;1-22(2,3)16-6-7-18-15(9-16)10-19-20(26-18)17(13-24-19)21(27)25-12-14-5-4-8-23-11-14;2*1-11(10-23)21-18(24)14-9-20-16-8-12-7-13(19(2,3)4)5-6-15(12)22-17(14)16;1-18(2,3)12-4-5-14-11(8-12)9-15-16(22-14)13(10-21-15)17(23)20-7-6-19/h13-14,16,23,25H,4-12H2,1-3H3,(H,24,28);4-5,8,10-11,13,16,24H,6-7,9,12H2,1-3H3,(H,25,27);2*8-9,11,13,20,23H,5-7,10H2,1-4H3,(H,21,24);9-10,12,21H,4-8,19H2,1-3H3,(H,20,23)/t;;2*11-,13?;/m..10./s1. The highest BCUT2D eigenvalue weighted by Gasteiger charge is 2.37. The lowest BCUT2D eigenvalue weighted by Crippen LogP contribution is -2.46. The maximum Gasteiger partial charge on any atom is 0.255 e. The summed E-state index contributed by atoms with van der Waals surface area (Å²) >= 11 is 0. The fraction of sp³-hybridized carbons (Fsp3) is 0.550. The van der Waals surface area contributed by atoms with Crippen LogP contribution < -0.4 is 37.6 Å². The van der Waals surface area contributed by atoms with Crippen molar-refractivity contribution >= 4 is 84.7 Å². The van der Waals surface area contributed by atoms with Gasteiger partial charge in [-0.15, -0.1) is 0 Å². The molecule has 1 saturated heterocycles. The lowest BCUT2D eigenvalue weighted by Gasteiger charge is -2.34. The van der Waals surface area contributed by atoms with Crippen LogP contribution in [0.15, 0.2) is 85.8 Å². The summed E-state index contributed by atoms with van der Waals surface area (Å²) in [7, 11) is 0. The van der Waals surface area contributed by atoms with Crippen molar-refractivity contribution in [3.63, 3.8) is 0 Å². The molecule has 0 spiro atoms. The number of carbonyl (C=O) groups is 5. The number of nitrogens with one attached hydrogen (secondary N) is 11. The van der Waals surface area contributed by atoms with E-state index in [0.717, 1.165) is 206 Å². The van der Waals surface area contributed by atoms with Gasteiger partial charge in [-0.1, -0.05) is 110 Å². The van der Waals surface area contributed by atoms with E-state index in [2.05, 4.69) is 201 Å². The highest BCUT2D eigenvalue weighted by Crippen LogP contribution is 2.44. The van der Waals surface area contributed by atoms with Crippen molar-refractivity contribution in [1.82, 2.24) is 91.6 Å². The Morgan fingerprint density at radius 2 is 0.714 bits per heavy atom. The molecule has 0 bridgehead atoms. The first-order valence-electron chi connectivity index (χ1n) is 46.0. The molecule has 0 radical (unpaired) electrons. The Morgan fingerprint density at radius 1 is 0.429 bits per heavy atom. The second-order valence-electron chi connectivity index (χ2n) is 41.5. The quantitative estimate of drug-likeness (QED) is 0.0427. The predicted octanol–water partition coefficient (Wildman–Crippen LogP) is 14.4. The Morgan fingerprint density at radius 3 is 0.984 bits per heavy atom. The zero-order valence-corrected chi connectivity index (χ0v) is 77.7. The van der Waals surface area contributed by atoms with E-state index in [0.29, 0.717) is 111 Å². The first-order valence-corrected chi connectivity index (χ1v) is 46.0. The van der Waals surface area contributed by atoms with Crippen LogP contribution in [-0.2, 0) is 70.8 Å². The number of piperazine rings is 1. The van der Waals surface area contributed by atoms with Crippen LogP contribution in [0.3, 0.4) is 0 Å². The molecule has 676 valence electrons. The molecule has 5 amide bonds. The number of H-pyrrole nitrogens is 5. The number of pyridine rings is 6. The van der Waals surface area contributed by atoms with Crippen molar-refractivity contribution in [3.05, 3.63) is 176 Å². The van der Waals surface area contributed by atoms with Crippen LogP contribution >= 0.6 is 0 Å². The van der Waals surface area contributed by atoms with Crippen molar-refractivity contribution in [2.75, 3.05) is 65.6 Å². The zero-order valence-electron chi connectivity index (χ0n) is 77.7. The summed E-state index contributed by atoms with van der Waals surface area (Å²) in [6, 6.07) is 14.2. The van der Waals surface area contributed by atoms with Crippen LogP contribution in [0.5, 0.6) is 0 Å². The summed E-state index contributed by atoms with van der Waals surface area (Å²) < 4.78 is 0. The smallest absolute Gasteiger partial charge is 0.255 e. The van der Waals surface area contributed by atoms with Gasteiger partial charge in [0.15, 0.2) is 0 Å². The second-order valence-corrected chi connectivity index (χ2v) is 41.5. The van der Waals surface area contributed by atoms with Crippen LogP contribution in [0.1, 0.15) is 263 Å². The SMILES string of the molecule is CC(C)(C)C1CCc2nc3c(C(=O)NCCN)c[nH]c3cc2C1.CC(C)(C)C1CCc2nc3c(C(=O)NCCN4CCNCC4)c[nH]c3cc2C1.CC(C)(C)C1CCc2nc3c(C(=O)NCc4cccnc4)c[nH]c3cc2C1.C[C@@H](CO)NC(=O)c1c[nH]c2cc3c(nc12)CCC(C(C)(C)C)C3.C[C@H](CO)NC(=O)c1c[nH]c2cc3c(nc12)CCC(C(C)(C)C)C3. The van der Waals surface area contributed by atoms with E-state index in [9.17, 15) is 24.0 Å². The zero-order chi connectivity index (χ0) is 90.3. The van der Waals surface area contributed by atoms with Gasteiger partial charge in [0.05, 0.1) is 68.6 Å². The molecule has 26 nitrogen and oxygen atoms in total. The number of rotatable bonds is 16. The van der Waals surface area contributed by atoms with Crippen molar-refractivity contribution in [3.8, 4) is 0 Å². The van der Waals surface area contributed by atoms with Crippen molar-refractivity contribution in [2.24, 2.45) is 62.4 Å². The molecule has 0 saturated carbocycles. The third-order valence-electron chi connectivity index (χ3n) is 27.2. The predicted molar refractivity (Wildman–Crippen MR) is 502 cm³/mol. The number of carbonyl (C=O) groups excluding carboxylic acids is 5. The number of nitrogens with two attached hydrogens (primary N) is 1. The van der Waals surface area contributed by atoms with Crippen LogP contribution in [0.4, 0.5) is 0 Å². The highest BCUT2D eigenvalue weighted by molar-refractivity contribution is 6.08. The molecule has 6 aliphatic rings. The van der Waals surface area contributed by atoms with E-state index in [-0.39, 0.29) is 54.8 Å². The fourth-order valence-corrected chi connectivity index (χ4v) is 18.7. The Balaban J connectivity index is 0.000000135. The molecular formula is C100H139N19O7. The number of amides is 5. The minimum absolute atomic E-state index is 0.0304. The normalized spacial score (nSPS) is 18.8. The van der Waals surface area contributed by atoms with Crippen LogP contribution in [-0.4, -0.2) is 177 Å². The molecular weight excluding hydrogens is 1580 g/mol. The number of hydrogen-bond donors (Lipinski definition) is 14. The summed E-state index contributed by atoms with van der Waals surface area (Å²) in [6.07, 6.45) is 28.2. The number of aliphatic hydroxyl groups is 2. The first kappa shape index (κ1) is 93.4. The van der Waals surface area contributed by atoms with Gasteiger partial charge >= 0.3 is 0 Å². The van der Waals surface area contributed by atoms with E-state index in [1.807, 2.05) is 18.3 Å². The topological polar surface area (TPSA) is 384 Å². The number of fused-ring (bicyclic) bond motifs is 10. The molecule has 5 unspecified atom stereocenters. The molecule has 7 atom stereocenters. The second kappa shape index (κ2) is 39.6. The minimum Gasteiger partial charge on any atom is -0.394 e. The maximum atomic E-state index is 12.7. The molecule has 11 aromatic rings. The Hall–Kier alpha value is -10.3. The monoisotopic (exact) mass is 1720 g/mol. The van der Waals surface area contributed by atoms with Gasteiger partial charge in [0.2, 0.25) is 0 Å². The van der Waals surface area contributed by atoms with Gasteiger partial charge in [-0.05, 0) is 237 Å². The number of aryl methyl sites for hydroxylation is 5. The number of nitrogens with zero attached hydrogens (tertiary/aromatic N) is 7. The molecule has 15 N–H and O–H groups in total. The third kappa shape index (κ3) is 22.6. The number of aromatic amines is 5. The highest BCUT2D eigenvalue weighted by atomic mass is 16.3. The first-order chi connectivity index (χ1) is 59.8. The third-order valence-corrected chi connectivity index (χ3v) is 27.2. The van der Waals surface area contributed by atoms with E-state index in [1.165, 1.54) is 39.9 Å². The lowest BCUT2D eigenvalue weighted by molar-refractivity contribution is 0.0916. The number of aromatic nitrogens is 11. The van der Waals surface area contributed by atoms with Crippen LogP contribution in [0, 0.1) is 56.7 Å².